The van der Waals surface area contributed by atoms with Crippen molar-refractivity contribution in [2.45, 2.75) is 37.1 Å². The maximum atomic E-state index is 14.0. The van der Waals surface area contributed by atoms with Gasteiger partial charge in [0.1, 0.15) is 5.82 Å². The summed E-state index contributed by atoms with van der Waals surface area (Å²) in [6, 6.07) is 14.2. The molecule has 1 amide bonds. The van der Waals surface area contributed by atoms with Crippen LogP contribution in [-0.2, 0) is 11.8 Å². The lowest BCUT2D eigenvalue weighted by atomic mass is 10.0. The first-order valence-corrected chi connectivity index (χ1v) is 9.97. The highest BCUT2D eigenvalue weighted by Gasteiger charge is 2.21. The van der Waals surface area contributed by atoms with Gasteiger partial charge >= 0.3 is 0 Å². The van der Waals surface area contributed by atoms with Crippen LogP contribution in [0, 0.1) is 5.82 Å². The summed E-state index contributed by atoms with van der Waals surface area (Å²) < 4.78 is 15.8. The number of hydrogen-bond acceptors (Lipinski definition) is 4. The van der Waals surface area contributed by atoms with E-state index in [-0.39, 0.29) is 11.7 Å². The molecule has 146 valence electrons. The molecule has 1 aromatic heterocycles. The standard InChI is InChI=1S/C21H23FN4OS/c1-13(2)15-9-6-8-12-18(15)23-20(27)14(3)28-21-25-24-19(26(21)4)16-10-5-7-11-17(16)22/h5-14H,1-4H3,(H,23,27)/t14-/m1/s1. The number of halogens is 1. The van der Waals surface area contributed by atoms with Gasteiger partial charge in [-0.2, -0.15) is 0 Å². The number of rotatable bonds is 6. The maximum absolute atomic E-state index is 14.0. The Morgan fingerprint density at radius 3 is 2.46 bits per heavy atom. The van der Waals surface area contributed by atoms with Gasteiger partial charge in [0.15, 0.2) is 11.0 Å². The fraction of sp³-hybridized carbons (Fsp3) is 0.286. The summed E-state index contributed by atoms with van der Waals surface area (Å²) in [6.45, 7) is 6.00. The second-order valence-corrected chi connectivity index (χ2v) is 8.14. The van der Waals surface area contributed by atoms with E-state index in [4.69, 9.17) is 0 Å². The molecule has 0 aliphatic rings. The van der Waals surface area contributed by atoms with Gasteiger partial charge < -0.3 is 9.88 Å². The van der Waals surface area contributed by atoms with E-state index in [1.807, 2.05) is 31.2 Å². The topological polar surface area (TPSA) is 59.8 Å². The molecule has 0 aliphatic carbocycles. The van der Waals surface area contributed by atoms with Crippen LogP contribution in [-0.4, -0.2) is 25.9 Å². The summed E-state index contributed by atoms with van der Waals surface area (Å²) in [4.78, 5) is 12.7. The van der Waals surface area contributed by atoms with Gasteiger partial charge in [-0.1, -0.05) is 55.9 Å². The summed E-state index contributed by atoms with van der Waals surface area (Å²) >= 11 is 1.29. The van der Waals surface area contributed by atoms with E-state index in [2.05, 4.69) is 29.4 Å². The van der Waals surface area contributed by atoms with E-state index in [9.17, 15) is 9.18 Å². The van der Waals surface area contributed by atoms with Gasteiger partial charge in [-0.05, 0) is 36.6 Å². The number of carbonyl (C=O) groups is 1. The van der Waals surface area contributed by atoms with Crippen LogP contribution in [0.2, 0.25) is 0 Å². The minimum absolute atomic E-state index is 0.117. The van der Waals surface area contributed by atoms with Crippen molar-refractivity contribution < 1.29 is 9.18 Å². The van der Waals surface area contributed by atoms with Crippen LogP contribution >= 0.6 is 11.8 Å². The van der Waals surface area contributed by atoms with Crippen molar-refractivity contribution in [3.8, 4) is 11.4 Å². The van der Waals surface area contributed by atoms with E-state index in [1.165, 1.54) is 17.8 Å². The zero-order chi connectivity index (χ0) is 20.3. The Kier molecular flexibility index (Phi) is 6.14. The number of hydrogen-bond donors (Lipinski definition) is 1. The largest absolute Gasteiger partial charge is 0.325 e. The first kappa shape index (κ1) is 20.1. The van der Waals surface area contributed by atoms with Crippen molar-refractivity contribution >= 4 is 23.4 Å². The van der Waals surface area contributed by atoms with Crippen molar-refractivity contribution in [3.63, 3.8) is 0 Å². The minimum Gasteiger partial charge on any atom is -0.325 e. The molecule has 5 nitrogen and oxygen atoms in total. The highest BCUT2D eigenvalue weighted by Crippen LogP contribution is 2.29. The molecule has 0 saturated heterocycles. The molecule has 0 fully saturated rings. The average molecular weight is 399 g/mol. The summed E-state index contributed by atoms with van der Waals surface area (Å²) in [5.41, 5.74) is 2.29. The van der Waals surface area contributed by atoms with Crippen molar-refractivity contribution in [2.75, 3.05) is 5.32 Å². The Hall–Kier alpha value is -2.67. The Morgan fingerprint density at radius 2 is 1.75 bits per heavy atom. The molecule has 0 radical (unpaired) electrons. The molecule has 1 heterocycles. The molecular formula is C21H23FN4OS. The second kappa shape index (κ2) is 8.56. The lowest BCUT2D eigenvalue weighted by molar-refractivity contribution is -0.115. The molecule has 28 heavy (non-hydrogen) atoms. The quantitative estimate of drug-likeness (QED) is 0.602. The molecule has 0 saturated carbocycles. The number of aromatic nitrogens is 3. The Balaban J connectivity index is 1.74. The maximum Gasteiger partial charge on any atom is 0.237 e. The summed E-state index contributed by atoms with van der Waals surface area (Å²) in [5.74, 6) is 0.263. The third-order valence-electron chi connectivity index (χ3n) is 4.44. The zero-order valence-electron chi connectivity index (χ0n) is 16.3. The Labute approximate surface area is 168 Å². The van der Waals surface area contributed by atoms with Gasteiger partial charge in [-0.25, -0.2) is 4.39 Å². The second-order valence-electron chi connectivity index (χ2n) is 6.84. The fourth-order valence-electron chi connectivity index (χ4n) is 2.85. The summed E-state index contributed by atoms with van der Waals surface area (Å²) in [5, 5.41) is 11.4. The highest BCUT2D eigenvalue weighted by molar-refractivity contribution is 8.00. The number of benzene rings is 2. The first-order valence-electron chi connectivity index (χ1n) is 9.09. The van der Waals surface area contributed by atoms with Crippen LogP contribution in [0.3, 0.4) is 0 Å². The number of carbonyl (C=O) groups excluding carboxylic acids is 1. The number of para-hydroxylation sites is 1. The van der Waals surface area contributed by atoms with Crippen LogP contribution in [0.25, 0.3) is 11.4 Å². The smallest absolute Gasteiger partial charge is 0.237 e. The molecular weight excluding hydrogens is 375 g/mol. The summed E-state index contributed by atoms with van der Waals surface area (Å²) in [7, 11) is 1.77. The molecule has 0 aliphatic heterocycles. The lowest BCUT2D eigenvalue weighted by Gasteiger charge is -2.16. The lowest BCUT2D eigenvalue weighted by Crippen LogP contribution is -2.23. The molecule has 0 unspecified atom stereocenters. The van der Waals surface area contributed by atoms with Crippen LogP contribution in [0.5, 0.6) is 0 Å². The number of nitrogens with one attached hydrogen (secondary N) is 1. The fourth-order valence-corrected chi connectivity index (χ4v) is 3.67. The minimum atomic E-state index is -0.392. The molecule has 7 heteroatoms. The average Bonchev–Trinajstić information content (AvgIpc) is 3.02. The monoisotopic (exact) mass is 398 g/mol. The predicted octanol–water partition coefficient (Wildman–Crippen LogP) is 4.86. The normalized spacial score (nSPS) is 12.2. The first-order chi connectivity index (χ1) is 13.4. The van der Waals surface area contributed by atoms with E-state index in [0.29, 0.717) is 22.5 Å². The van der Waals surface area contributed by atoms with Gasteiger partial charge in [-0.3, -0.25) is 4.79 Å². The number of nitrogens with zero attached hydrogens (tertiary/aromatic N) is 3. The SMILES string of the molecule is CC(C)c1ccccc1NC(=O)[C@@H](C)Sc1nnc(-c2ccccc2F)n1C. The molecule has 2 aromatic carbocycles. The molecule has 3 aromatic rings. The molecule has 1 atom stereocenters. The molecule has 0 spiro atoms. The Bertz CT molecular complexity index is 986. The van der Waals surface area contributed by atoms with E-state index in [1.54, 1.807) is 29.8 Å². The van der Waals surface area contributed by atoms with Crippen molar-refractivity contribution in [1.29, 1.82) is 0 Å². The van der Waals surface area contributed by atoms with Crippen molar-refractivity contribution in [2.24, 2.45) is 7.05 Å². The predicted molar refractivity (Wildman–Crippen MR) is 111 cm³/mol. The highest BCUT2D eigenvalue weighted by atomic mass is 32.2. The number of anilines is 1. The molecule has 3 rings (SSSR count). The molecule has 1 N–H and O–H groups in total. The van der Waals surface area contributed by atoms with E-state index >= 15 is 0 Å². The van der Waals surface area contributed by atoms with Crippen molar-refractivity contribution in [1.82, 2.24) is 14.8 Å². The third kappa shape index (κ3) is 4.25. The van der Waals surface area contributed by atoms with E-state index in [0.717, 1.165) is 11.3 Å². The zero-order valence-corrected chi connectivity index (χ0v) is 17.1. The number of amides is 1. The van der Waals surface area contributed by atoms with Gasteiger partial charge in [-0.15, -0.1) is 10.2 Å². The summed E-state index contributed by atoms with van der Waals surface area (Å²) in [6.07, 6.45) is 0. The van der Waals surface area contributed by atoms with Crippen LogP contribution in [0.1, 0.15) is 32.3 Å². The third-order valence-corrected chi connectivity index (χ3v) is 5.58. The van der Waals surface area contributed by atoms with Crippen LogP contribution in [0.15, 0.2) is 53.7 Å². The van der Waals surface area contributed by atoms with Gasteiger partial charge in [0.25, 0.3) is 0 Å². The van der Waals surface area contributed by atoms with Crippen LogP contribution in [0.4, 0.5) is 10.1 Å². The number of thioether (sulfide) groups is 1. The van der Waals surface area contributed by atoms with Gasteiger partial charge in [0.2, 0.25) is 5.91 Å². The van der Waals surface area contributed by atoms with Gasteiger partial charge in [0.05, 0.1) is 10.8 Å². The van der Waals surface area contributed by atoms with Gasteiger partial charge in [0, 0.05) is 12.7 Å². The molecule has 0 bridgehead atoms. The Morgan fingerprint density at radius 1 is 1.07 bits per heavy atom. The van der Waals surface area contributed by atoms with Crippen molar-refractivity contribution in [3.05, 3.63) is 59.9 Å². The van der Waals surface area contributed by atoms with Crippen LogP contribution < -0.4 is 5.32 Å². The van der Waals surface area contributed by atoms with E-state index < -0.39 is 5.25 Å².